The molecule has 2 aromatic carbocycles. The number of furan rings is 1. The van der Waals surface area contributed by atoms with Crippen LogP contribution in [0.4, 0.5) is 0 Å². The Bertz CT molecular complexity index is 1180. The van der Waals surface area contributed by atoms with Gasteiger partial charge in [0.1, 0.15) is 28.3 Å². The third-order valence-electron chi connectivity index (χ3n) is 7.17. The normalized spacial score (nSPS) is 14.9. The summed E-state index contributed by atoms with van der Waals surface area (Å²) in [7, 11) is 0. The molecule has 1 atom stereocenters. The predicted octanol–water partition coefficient (Wildman–Crippen LogP) is 9.46. The first kappa shape index (κ1) is 28.8. The molecule has 0 aliphatic rings. The van der Waals surface area contributed by atoms with E-state index in [0.29, 0.717) is 6.42 Å². The predicted molar refractivity (Wildman–Crippen MR) is 153 cm³/mol. The molecule has 0 aliphatic carbocycles. The Balaban J connectivity index is 1.70. The number of rotatable bonds is 8. The number of hydrogen-bond donors (Lipinski definition) is 0. The maximum Gasteiger partial charge on any atom is 0.312 e. The summed E-state index contributed by atoms with van der Waals surface area (Å²) in [5, 5.41) is 1.08. The van der Waals surface area contributed by atoms with Crippen LogP contribution < -0.4 is 4.74 Å². The van der Waals surface area contributed by atoms with Gasteiger partial charge in [-0.2, -0.15) is 0 Å². The number of carbonyl (C=O) groups is 1. The van der Waals surface area contributed by atoms with Gasteiger partial charge in [-0.15, -0.1) is 0 Å². The van der Waals surface area contributed by atoms with Crippen molar-refractivity contribution in [2.24, 2.45) is 16.2 Å². The van der Waals surface area contributed by atoms with Gasteiger partial charge in [-0.1, -0.05) is 59.7 Å². The highest BCUT2D eigenvalue weighted by Gasteiger charge is 2.49. The lowest BCUT2D eigenvalue weighted by Gasteiger charge is -2.45. The summed E-state index contributed by atoms with van der Waals surface area (Å²) < 4.78 is 18.6. The molecule has 1 heterocycles. The summed E-state index contributed by atoms with van der Waals surface area (Å²) in [5.74, 6) is 1.45. The van der Waals surface area contributed by atoms with Gasteiger partial charge >= 0.3 is 5.97 Å². The van der Waals surface area contributed by atoms with E-state index in [1.54, 1.807) is 0 Å². The van der Waals surface area contributed by atoms with Gasteiger partial charge < -0.3 is 13.9 Å². The van der Waals surface area contributed by atoms with Gasteiger partial charge in [0.15, 0.2) is 0 Å². The van der Waals surface area contributed by atoms with Crippen LogP contribution in [0.1, 0.15) is 89.0 Å². The SMILES string of the molecule is CC(C)(C)CC(C)(C(=O)OC(C)(C)CC(C)(C)Oc1ccc(-c2cc3ccccc3o2)cc1)C(C)(C)C. The average Bonchev–Trinajstić information content (AvgIpc) is 3.14. The van der Waals surface area contributed by atoms with Crippen LogP contribution in [0.5, 0.6) is 5.75 Å². The van der Waals surface area contributed by atoms with E-state index in [1.807, 2.05) is 83.1 Å². The topological polar surface area (TPSA) is 48.7 Å². The van der Waals surface area contributed by atoms with Crippen molar-refractivity contribution < 1.29 is 18.7 Å². The molecule has 3 rings (SSSR count). The zero-order chi connectivity index (χ0) is 27.9. The minimum Gasteiger partial charge on any atom is -0.488 e. The largest absolute Gasteiger partial charge is 0.488 e. The molecule has 0 fully saturated rings. The van der Waals surface area contributed by atoms with Crippen molar-refractivity contribution in [2.45, 2.75) is 100 Å². The fourth-order valence-corrected chi connectivity index (χ4v) is 5.30. The van der Waals surface area contributed by atoms with Crippen LogP contribution in [0.15, 0.2) is 59.0 Å². The lowest BCUT2D eigenvalue weighted by Crippen LogP contribution is -2.48. The molecule has 37 heavy (non-hydrogen) atoms. The van der Waals surface area contributed by atoms with Crippen LogP contribution >= 0.6 is 0 Å². The van der Waals surface area contributed by atoms with Crippen molar-refractivity contribution in [1.29, 1.82) is 0 Å². The number of esters is 1. The van der Waals surface area contributed by atoms with E-state index in [-0.39, 0.29) is 16.8 Å². The van der Waals surface area contributed by atoms with Crippen LogP contribution in [-0.2, 0) is 9.53 Å². The number of benzene rings is 2. The highest BCUT2D eigenvalue weighted by molar-refractivity contribution is 5.82. The second kappa shape index (κ2) is 9.85. The Labute approximate surface area is 223 Å². The second-order valence-electron chi connectivity index (χ2n) is 14.2. The summed E-state index contributed by atoms with van der Waals surface area (Å²) in [6.07, 6.45) is 1.29. The third-order valence-corrected chi connectivity index (χ3v) is 7.17. The van der Waals surface area contributed by atoms with E-state index in [4.69, 9.17) is 13.9 Å². The standard InChI is InChI=1S/C33H46O4/c1-29(2,3)21-33(11,30(4,5)6)28(34)37-32(9,10)22-31(7,8)36-25-18-16-23(17-19-25)27-20-24-14-12-13-15-26(24)35-27/h12-20H,21-22H2,1-11H3. The number of hydrogen-bond acceptors (Lipinski definition) is 4. The zero-order valence-corrected chi connectivity index (χ0v) is 24.7. The molecule has 0 saturated carbocycles. The molecule has 4 nitrogen and oxygen atoms in total. The highest BCUT2D eigenvalue weighted by Crippen LogP contribution is 2.48. The first-order chi connectivity index (χ1) is 16.8. The molecule has 0 N–H and O–H groups in total. The molecule has 0 bridgehead atoms. The second-order valence-corrected chi connectivity index (χ2v) is 14.2. The van der Waals surface area contributed by atoms with Crippen molar-refractivity contribution in [3.63, 3.8) is 0 Å². The minimum atomic E-state index is -0.695. The van der Waals surface area contributed by atoms with E-state index in [2.05, 4.69) is 47.6 Å². The van der Waals surface area contributed by atoms with Crippen molar-refractivity contribution in [3.05, 3.63) is 54.6 Å². The summed E-state index contributed by atoms with van der Waals surface area (Å²) >= 11 is 0. The van der Waals surface area contributed by atoms with E-state index in [1.165, 1.54) is 0 Å². The summed E-state index contributed by atoms with van der Waals surface area (Å²) in [6, 6.07) is 18.0. The average molecular weight is 507 g/mol. The Morgan fingerprint density at radius 2 is 1.35 bits per heavy atom. The van der Waals surface area contributed by atoms with Crippen molar-refractivity contribution >= 4 is 16.9 Å². The van der Waals surface area contributed by atoms with E-state index >= 15 is 0 Å². The third kappa shape index (κ3) is 7.18. The molecule has 1 aromatic heterocycles. The smallest absolute Gasteiger partial charge is 0.312 e. The van der Waals surface area contributed by atoms with E-state index in [0.717, 1.165) is 34.5 Å². The van der Waals surface area contributed by atoms with Crippen LogP contribution in [-0.4, -0.2) is 17.2 Å². The maximum absolute atomic E-state index is 13.6. The molecule has 1 unspecified atom stereocenters. The van der Waals surface area contributed by atoms with Crippen molar-refractivity contribution in [2.75, 3.05) is 0 Å². The van der Waals surface area contributed by atoms with Gasteiger partial charge in [0, 0.05) is 17.4 Å². The number of para-hydroxylation sites is 1. The first-order valence-corrected chi connectivity index (χ1v) is 13.3. The Morgan fingerprint density at radius 1 is 0.757 bits per heavy atom. The van der Waals surface area contributed by atoms with E-state index < -0.39 is 16.6 Å². The molecule has 0 radical (unpaired) electrons. The Morgan fingerprint density at radius 3 is 1.89 bits per heavy atom. The van der Waals surface area contributed by atoms with Gasteiger partial charge in [0.25, 0.3) is 0 Å². The summed E-state index contributed by atoms with van der Waals surface area (Å²) in [4.78, 5) is 13.6. The van der Waals surface area contributed by atoms with E-state index in [9.17, 15) is 4.79 Å². The zero-order valence-electron chi connectivity index (χ0n) is 24.7. The molecular weight excluding hydrogens is 460 g/mol. The lowest BCUT2D eigenvalue weighted by atomic mass is 9.61. The van der Waals surface area contributed by atoms with Crippen molar-refractivity contribution in [3.8, 4) is 17.1 Å². The van der Waals surface area contributed by atoms with Crippen LogP contribution in [0, 0.1) is 16.2 Å². The molecule has 3 aromatic rings. The molecule has 202 valence electrons. The molecular formula is C33H46O4. The van der Waals surface area contributed by atoms with Gasteiger partial charge in [-0.05, 0) is 88.3 Å². The fraction of sp³-hybridized carbons (Fsp3) is 0.545. The van der Waals surface area contributed by atoms with Crippen molar-refractivity contribution in [1.82, 2.24) is 0 Å². The van der Waals surface area contributed by atoms with Gasteiger partial charge in [-0.3, -0.25) is 4.79 Å². The number of ether oxygens (including phenoxy) is 2. The van der Waals surface area contributed by atoms with Gasteiger partial charge in [0.05, 0.1) is 5.41 Å². The minimum absolute atomic E-state index is 0.00209. The first-order valence-electron chi connectivity index (χ1n) is 13.3. The van der Waals surface area contributed by atoms with Crippen LogP contribution in [0.2, 0.25) is 0 Å². The number of fused-ring (bicyclic) bond motifs is 1. The van der Waals surface area contributed by atoms with Gasteiger partial charge in [-0.25, -0.2) is 0 Å². The highest BCUT2D eigenvalue weighted by atomic mass is 16.6. The number of carbonyl (C=O) groups excluding carboxylic acids is 1. The van der Waals surface area contributed by atoms with Gasteiger partial charge in [0.2, 0.25) is 0 Å². The van der Waals surface area contributed by atoms with Crippen LogP contribution in [0.3, 0.4) is 0 Å². The summed E-state index contributed by atoms with van der Waals surface area (Å²) in [6.45, 7) is 22.9. The quantitative estimate of drug-likeness (QED) is 0.285. The lowest BCUT2D eigenvalue weighted by molar-refractivity contribution is -0.181. The Kier molecular flexibility index (Phi) is 7.67. The maximum atomic E-state index is 13.6. The molecule has 0 saturated heterocycles. The Hall–Kier alpha value is -2.75. The molecule has 4 heteroatoms. The monoisotopic (exact) mass is 506 g/mol. The molecule has 0 spiro atoms. The molecule has 0 aliphatic heterocycles. The van der Waals surface area contributed by atoms with Crippen LogP contribution in [0.25, 0.3) is 22.3 Å². The molecule has 0 amide bonds. The fourth-order valence-electron chi connectivity index (χ4n) is 5.30. The summed E-state index contributed by atoms with van der Waals surface area (Å²) in [5.41, 5.74) is -0.216.